The zero-order valence-corrected chi connectivity index (χ0v) is 12.3. The molecule has 1 amide bonds. The molecule has 0 spiro atoms. The summed E-state index contributed by atoms with van der Waals surface area (Å²) in [6.45, 7) is 7.03. The van der Waals surface area contributed by atoms with Gasteiger partial charge in [-0.05, 0) is 44.7 Å². The molecule has 0 bridgehead atoms. The van der Waals surface area contributed by atoms with Crippen molar-refractivity contribution in [1.29, 1.82) is 0 Å². The van der Waals surface area contributed by atoms with Gasteiger partial charge in [-0.3, -0.25) is 9.69 Å². The summed E-state index contributed by atoms with van der Waals surface area (Å²) in [5, 5.41) is 6.62. The summed E-state index contributed by atoms with van der Waals surface area (Å²) in [6.07, 6.45) is 7.32. The standard InChI is InChI=1S/C15H29N3O/c1-13-4-2-5-14(7-6-13)17-15(19)12-18-10-3-8-16-9-11-18/h13-14,16H,2-12H2,1H3,(H,17,19). The predicted octanol–water partition coefficient (Wildman–Crippen LogP) is 1.37. The van der Waals surface area contributed by atoms with Crippen LogP contribution in [-0.2, 0) is 4.79 Å². The van der Waals surface area contributed by atoms with E-state index in [2.05, 4.69) is 22.5 Å². The van der Waals surface area contributed by atoms with Crippen LogP contribution in [0.25, 0.3) is 0 Å². The lowest BCUT2D eigenvalue weighted by molar-refractivity contribution is -0.123. The van der Waals surface area contributed by atoms with Gasteiger partial charge in [0.15, 0.2) is 0 Å². The van der Waals surface area contributed by atoms with Crippen molar-refractivity contribution in [1.82, 2.24) is 15.5 Å². The van der Waals surface area contributed by atoms with E-state index in [0.29, 0.717) is 12.6 Å². The number of rotatable bonds is 3. The van der Waals surface area contributed by atoms with Gasteiger partial charge in [0.25, 0.3) is 0 Å². The summed E-state index contributed by atoms with van der Waals surface area (Å²) in [5.41, 5.74) is 0. The lowest BCUT2D eigenvalue weighted by Crippen LogP contribution is -2.43. The van der Waals surface area contributed by atoms with Crippen LogP contribution >= 0.6 is 0 Å². The highest BCUT2D eigenvalue weighted by atomic mass is 16.2. The van der Waals surface area contributed by atoms with Gasteiger partial charge in [-0.25, -0.2) is 0 Å². The van der Waals surface area contributed by atoms with E-state index in [1.807, 2.05) is 0 Å². The molecule has 2 atom stereocenters. The molecule has 2 N–H and O–H groups in total. The van der Waals surface area contributed by atoms with E-state index in [-0.39, 0.29) is 5.91 Å². The molecule has 1 saturated heterocycles. The zero-order valence-electron chi connectivity index (χ0n) is 12.3. The molecule has 4 heteroatoms. The van der Waals surface area contributed by atoms with E-state index in [9.17, 15) is 4.79 Å². The third kappa shape index (κ3) is 5.49. The van der Waals surface area contributed by atoms with Crippen LogP contribution < -0.4 is 10.6 Å². The zero-order chi connectivity index (χ0) is 13.5. The Labute approximate surface area is 117 Å². The Morgan fingerprint density at radius 3 is 2.95 bits per heavy atom. The van der Waals surface area contributed by atoms with Gasteiger partial charge in [-0.2, -0.15) is 0 Å². The molecule has 2 fully saturated rings. The molecule has 0 aromatic heterocycles. The highest BCUT2D eigenvalue weighted by Crippen LogP contribution is 2.22. The Bertz CT molecular complexity index is 275. The SMILES string of the molecule is CC1CCCC(NC(=O)CN2CCCNCC2)CC1. The second-order valence-corrected chi connectivity index (χ2v) is 6.26. The van der Waals surface area contributed by atoms with Crippen LogP contribution in [0.1, 0.15) is 45.4 Å². The second kappa shape index (κ2) is 7.85. The molecule has 1 saturated carbocycles. The number of carbonyl (C=O) groups excluding carboxylic acids is 1. The van der Waals surface area contributed by atoms with Crippen LogP contribution in [0.5, 0.6) is 0 Å². The van der Waals surface area contributed by atoms with Crippen LogP contribution in [-0.4, -0.2) is 49.6 Å². The topological polar surface area (TPSA) is 44.4 Å². The Morgan fingerprint density at radius 2 is 2.05 bits per heavy atom. The van der Waals surface area contributed by atoms with Gasteiger partial charge in [0, 0.05) is 19.1 Å². The van der Waals surface area contributed by atoms with Gasteiger partial charge in [0.1, 0.15) is 0 Å². The van der Waals surface area contributed by atoms with E-state index < -0.39 is 0 Å². The third-order valence-corrected chi connectivity index (χ3v) is 4.42. The summed E-state index contributed by atoms with van der Waals surface area (Å²) in [4.78, 5) is 14.4. The maximum absolute atomic E-state index is 12.1. The summed E-state index contributed by atoms with van der Waals surface area (Å²) >= 11 is 0. The van der Waals surface area contributed by atoms with E-state index >= 15 is 0 Å². The minimum absolute atomic E-state index is 0.224. The van der Waals surface area contributed by atoms with Crippen molar-refractivity contribution in [2.75, 3.05) is 32.7 Å². The molecule has 1 heterocycles. The molecule has 2 unspecified atom stereocenters. The van der Waals surface area contributed by atoms with E-state index in [4.69, 9.17) is 0 Å². The molecule has 4 nitrogen and oxygen atoms in total. The fourth-order valence-electron chi connectivity index (χ4n) is 3.17. The summed E-state index contributed by atoms with van der Waals surface area (Å²) in [6, 6.07) is 0.419. The number of hydrogen-bond donors (Lipinski definition) is 2. The monoisotopic (exact) mass is 267 g/mol. The summed E-state index contributed by atoms with van der Waals surface area (Å²) in [5.74, 6) is 1.06. The van der Waals surface area contributed by atoms with Crippen molar-refractivity contribution in [2.45, 2.75) is 51.5 Å². The van der Waals surface area contributed by atoms with Crippen molar-refractivity contribution in [2.24, 2.45) is 5.92 Å². The molecule has 2 aliphatic rings. The van der Waals surface area contributed by atoms with Gasteiger partial charge in [0.2, 0.25) is 5.91 Å². The van der Waals surface area contributed by atoms with Gasteiger partial charge < -0.3 is 10.6 Å². The van der Waals surface area contributed by atoms with Crippen LogP contribution in [0.4, 0.5) is 0 Å². The van der Waals surface area contributed by atoms with E-state index in [1.54, 1.807) is 0 Å². The molecule has 1 aliphatic carbocycles. The summed E-state index contributed by atoms with van der Waals surface area (Å²) < 4.78 is 0. The third-order valence-electron chi connectivity index (χ3n) is 4.42. The first-order valence-corrected chi connectivity index (χ1v) is 7.96. The quantitative estimate of drug-likeness (QED) is 0.759. The highest BCUT2D eigenvalue weighted by Gasteiger charge is 2.19. The molecule has 2 rings (SSSR count). The fraction of sp³-hybridized carbons (Fsp3) is 0.933. The number of carbonyl (C=O) groups is 1. The second-order valence-electron chi connectivity index (χ2n) is 6.26. The largest absolute Gasteiger partial charge is 0.352 e. The Kier molecular flexibility index (Phi) is 6.11. The molecular weight excluding hydrogens is 238 g/mol. The number of amides is 1. The highest BCUT2D eigenvalue weighted by molar-refractivity contribution is 5.78. The van der Waals surface area contributed by atoms with Crippen LogP contribution in [0.3, 0.4) is 0 Å². The van der Waals surface area contributed by atoms with Crippen molar-refractivity contribution < 1.29 is 4.79 Å². The fourth-order valence-corrected chi connectivity index (χ4v) is 3.17. The van der Waals surface area contributed by atoms with Crippen molar-refractivity contribution >= 4 is 5.91 Å². The molecule has 19 heavy (non-hydrogen) atoms. The normalized spacial score (nSPS) is 30.4. The minimum atomic E-state index is 0.224. The first kappa shape index (κ1) is 14.8. The lowest BCUT2D eigenvalue weighted by atomic mass is 10.0. The van der Waals surface area contributed by atoms with Gasteiger partial charge >= 0.3 is 0 Å². The molecule has 0 aromatic rings. The van der Waals surface area contributed by atoms with E-state index in [1.165, 1.54) is 19.3 Å². The first-order valence-electron chi connectivity index (χ1n) is 7.96. The summed E-state index contributed by atoms with van der Waals surface area (Å²) in [7, 11) is 0. The molecule has 1 aliphatic heterocycles. The average Bonchev–Trinajstić information content (AvgIpc) is 2.73. The van der Waals surface area contributed by atoms with E-state index in [0.717, 1.165) is 51.4 Å². The lowest BCUT2D eigenvalue weighted by Gasteiger charge is -2.22. The number of hydrogen-bond acceptors (Lipinski definition) is 3. The van der Waals surface area contributed by atoms with Crippen molar-refractivity contribution in [3.63, 3.8) is 0 Å². The first-order chi connectivity index (χ1) is 9.24. The van der Waals surface area contributed by atoms with Gasteiger partial charge in [-0.15, -0.1) is 0 Å². The Balaban J connectivity index is 1.70. The Hall–Kier alpha value is -0.610. The van der Waals surface area contributed by atoms with Gasteiger partial charge in [-0.1, -0.05) is 19.8 Å². The van der Waals surface area contributed by atoms with Crippen LogP contribution in [0, 0.1) is 5.92 Å². The number of nitrogens with zero attached hydrogens (tertiary/aromatic N) is 1. The van der Waals surface area contributed by atoms with Gasteiger partial charge in [0.05, 0.1) is 6.54 Å². The van der Waals surface area contributed by atoms with Crippen LogP contribution in [0.2, 0.25) is 0 Å². The minimum Gasteiger partial charge on any atom is -0.352 e. The molecular formula is C15H29N3O. The Morgan fingerprint density at radius 1 is 1.16 bits per heavy atom. The van der Waals surface area contributed by atoms with Crippen molar-refractivity contribution in [3.05, 3.63) is 0 Å². The molecule has 0 radical (unpaired) electrons. The maximum Gasteiger partial charge on any atom is 0.234 e. The molecule has 110 valence electrons. The number of nitrogens with one attached hydrogen (secondary N) is 2. The van der Waals surface area contributed by atoms with Crippen molar-refractivity contribution in [3.8, 4) is 0 Å². The predicted molar refractivity (Wildman–Crippen MR) is 78.1 cm³/mol. The average molecular weight is 267 g/mol. The maximum atomic E-state index is 12.1. The molecule has 0 aromatic carbocycles. The van der Waals surface area contributed by atoms with Crippen LogP contribution in [0.15, 0.2) is 0 Å². The smallest absolute Gasteiger partial charge is 0.234 e.